The Balaban J connectivity index is 1.63. The molecule has 3 aromatic carbocycles. The summed E-state index contributed by atoms with van der Waals surface area (Å²) >= 11 is 1.62. The van der Waals surface area contributed by atoms with Gasteiger partial charge in [-0.15, -0.1) is 11.8 Å². The Morgan fingerprint density at radius 1 is 0.971 bits per heavy atom. The van der Waals surface area contributed by atoms with E-state index < -0.39 is 17.5 Å². The van der Waals surface area contributed by atoms with Crippen LogP contribution in [0.3, 0.4) is 0 Å². The van der Waals surface area contributed by atoms with Gasteiger partial charge in [-0.25, -0.2) is 4.79 Å². The molecule has 0 bridgehead atoms. The van der Waals surface area contributed by atoms with Crippen molar-refractivity contribution in [2.45, 2.75) is 42.2 Å². The summed E-state index contributed by atoms with van der Waals surface area (Å²) < 4.78 is 5.60. The van der Waals surface area contributed by atoms with Gasteiger partial charge >= 0.3 is 12.1 Å². The van der Waals surface area contributed by atoms with E-state index in [1.165, 1.54) is 0 Å². The second kappa shape index (κ2) is 10.8. The zero-order valence-electron chi connectivity index (χ0n) is 19.2. The number of hydrogen-bond acceptors (Lipinski definition) is 4. The second-order valence-electron chi connectivity index (χ2n) is 8.54. The van der Waals surface area contributed by atoms with Crippen LogP contribution in [0.5, 0.6) is 0 Å². The van der Waals surface area contributed by atoms with Gasteiger partial charge in [0, 0.05) is 17.5 Å². The summed E-state index contributed by atoms with van der Waals surface area (Å²) in [6, 6.07) is 26.4. The van der Waals surface area contributed by atoms with Gasteiger partial charge in [-0.05, 0) is 54.3 Å². The number of benzene rings is 3. The fourth-order valence-corrected chi connectivity index (χ4v) is 5.19. The molecular formula is C28H29NO4S. The molecule has 3 aromatic rings. The maximum Gasteiger partial charge on any atom is 0.410 e. The molecule has 1 fully saturated rings. The Kier molecular flexibility index (Phi) is 7.58. The highest BCUT2D eigenvalue weighted by Crippen LogP contribution is 2.41. The topological polar surface area (TPSA) is 66.8 Å². The molecule has 4 rings (SSSR count). The Hall–Kier alpha value is -3.25. The molecule has 1 aliphatic rings. The number of nitrogens with zero attached hydrogens (tertiary/aromatic N) is 1. The molecule has 2 atom stereocenters. The molecule has 0 radical (unpaired) electrons. The van der Waals surface area contributed by atoms with Crippen molar-refractivity contribution in [1.29, 1.82) is 0 Å². The first-order chi connectivity index (χ1) is 16.5. The third kappa shape index (κ3) is 4.97. The number of aliphatic carboxylic acids is 1. The Bertz CT molecular complexity index is 1100. The molecule has 1 aliphatic heterocycles. The highest BCUT2D eigenvalue weighted by molar-refractivity contribution is 7.98. The second-order valence-corrected chi connectivity index (χ2v) is 9.42. The van der Waals surface area contributed by atoms with Crippen molar-refractivity contribution < 1.29 is 19.4 Å². The van der Waals surface area contributed by atoms with E-state index >= 15 is 0 Å². The molecule has 1 N–H and O–H groups in total. The first kappa shape index (κ1) is 23.9. The number of carbonyl (C=O) groups excluding carboxylic acids is 1. The maximum absolute atomic E-state index is 13.0. The Morgan fingerprint density at radius 2 is 1.59 bits per heavy atom. The molecule has 0 saturated carbocycles. The molecule has 1 amide bonds. The minimum atomic E-state index is -1.27. The van der Waals surface area contributed by atoms with Crippen molar-refractivity contribution in [1.82, 2.24) is 4.90 Å². The van der Waals surface area contributed by atoms with Crippen LogP contribution in [-0.2, 0) is 21.6 Å². The maximum atomic E-state index is 13.0. The number of ether oxygens (including phenoxy) is 1. The highest BCUT2D eigenvalue weighted by Gasteiger charge is 2.46. The lowest BCUT2D eigenvalue weighted by Gasteiger charge is -2.36. The largest absolute Gasteiger partial charge is 0.480 e. The minimum absolute atomic E-state index is 0.196. The average molecular weight is 476 g/mol. The van der Waals surface area contributed by atoms with Crippen LogP contribution in [0.15, 0.2) is 89.8 Å². The lowest BCUT2D eigenvalue weighted by molar-refractivity contribution is -0.143. The van der Waals surface area contributed by atoms with Crippen LogP contribution in [0.4, 0.5) is 4.79 Å². The van der Waals surface area contributed by atoms with Gasteiger partial charge in [-0.2, -0.15) is 0 Å². The lowest BCUT2D eigenvalue weighted by Crippen LogP contribution is -2.45. The highest BCUT2D eigenvalue weighted by atomic mass is 32.2. The number of carboxylic acid groups (broad SMARTS) is 1. The molecule has 0 aliphatic carbocycles. The van der Waals surface area contributed by atoms with Gasteiger partial charge in [0.1, 0.15) is 12.0 Å². The molecule has 34 heavy (non-hydrogen) atoms. The van der Waals surface area contributed by atoms with Crippen molar-refractivity contribution in [3.63, 3.8) is 0 Å². The third-order valence-electron chi connectivity index (χ3n) is 6.57. The molecule has 6 heteroatoms. The van der Waals surface area contributed by atoms with E-state index in [9.17, 15) is 14.7 Å². The van der Waals surface area contributed by atoms with E-state index in [0.29, 0.717) is 17.7 Å². The zero-order valence-corrected chi connectivity index (χ0v) is 20.0. The van der Waals surface area contributed by atoms with E-state index in [2.05, 4.69) is 0 Å². The van der Waals surface area contributed by atoms with Gasteiger partial charge in [-0.1, -0.05) is 72.8 Å². The Morgan fingerprint density at radius 3 is 2.21 bits per heavy atom. The number of likely N-dealkylation sites (tertiary alicyclic amines) is 1. The number of rotatable bonds is 8. The predicted molar refractivity (Wildman–Crippen MR) is 134 cm³/mol. The number of thioether (sulfide) groups is 1. The molecular weight excluding hydrogens is 446 g/mol. The van der Waals surface area contributed by atoms with Gasteiger partial charge < -0.3 is 14.7 Å². The predicted octanol–water partition coefficient (Wildman–Crippen LogP) is 5.97. The van der Waals surface area contributed by atoms with Gasteiger partial charge in [0.15, 0.2) is 0 Å². The van der Waals surface area contributed by atoms with Crippen LogP contribution in [0, 0.1) is 0 Å². The normalized spacial score (nSPS) is 17.2. The molecule has 2 unspecified atom stereocenters. The summed E-state index contributed by atoms with van der Waals surface area (Å²) in [5, 5.41) is 10.7. The van der Waals surface area contributed by atoms with E-state index in [1.807, 2.05) is 91.2 Å². The van der Waals surface area contributed by atoms with Crippen LogP contribution in [-0.4, -0.2) is 40.9 Å². The summed E-state index contributed by atoms with van der Waals surface area (Å²) in [5.74, 6) is -0.917. The fraction of sp³-hybridized carbons (Fsp3) is 0.286. The molecule has 0 spiro atoms. The van der Waals surface area contributed by atoms with Crippen molar-refractivity contribution in [2.75, 3.05) is 12.8 Å². The molecule has 1 saturated heterocycles. The van der Waals surface area contributed by atoms with Gasteiger partial charge in [0.25, 0.3) is 0 Å². The average Bonchev–Trinajstić information content (AvgIpc) is 3.35. The zero-order chi connectivity index (χ0) is 24.0. The minimum Gasteiger partial charge on any atom is -0.480 e. The third-order valence-corrected chi connectivity index (χ3v) is 7.32. The van der Waals surface area contributed by atoms with Crippen LogP contribution < -0.4 is 0 Å². The Labute approximate surface area is 204 Å². The summed E-state index contributed by atoms with van der Waals surface area (Å²) in [6.45, 7) is 0.760. The summed E-state index contributed by atoms with van der Waals surface area (Å²) in [6.07, 6.45) is 3.45. The van der Waals surface area contributed by atoms with E-state index in [1.54, 1.807) is 16.7 Å². The first-order valence-corrected chi connectivity index (χ1v) is 12.7. The monoisotopic (exact) mass is 475 g/mol. The molecule has 176 valence electrons. The number of amides is 1. The van der Waals surface area contributed by atoms with Crippen molar-refractivity contribution in [2.24, 2.45) is 0 Å². The van der Waals surface area contributed by atoms with Gasteiger partial charge in [0.2, 0.25) is 0 Å². The number of carboxylic acids is 1. The molecule has 5 nitrogen and oxygen atoms in total. The van der Waals surface area contributed by atoms with Crippen molar-refractivity contribution in [3.8, 4) is 0 Å². The van der Waals surface area contributed by atoms with Crippen molar-refractivity contribution in [3.05, 3.63) is 102 Å². The summed E-state index contributed by atoms with van der Waals surface area (Å²) in [4.78, 5) is 28.8. The lowest BCUT2D eigenvalue weighted by atomic mass is 9.70. The smallest absolute Gasteiger partial charge is 0.410 e. The van der Waals surface area contributed by atoms with Crippen LogP contribution in [0.25, 0.3) is 0 Å². The van der Waals surface area contributed by atoms with Gasteiger partial charge in [0.05, 0.1) is 0 Å². The van der Waals surface area contributed by atoms with E-state index in [0.717, 1.165) is 23.3 Å². The van der Waals surface area contributed by atoms with Crippen LogP contribution in [0.1, 0.15) is 36.0 Å². The summed E-state index contributed by atoms with van der Waals surface area (Å²) in [7, 11) is 0. The summed E-state index contributed by atoms with van der Waals surface area (Å²) in [5.41, 5.74) is 1.08. The van der Waals surface area contributed by atoms with Gasteiger partial charge in [-0.3, -0.25) is 4.79 Å². The standard InChI is InChI=1S/C28H29NO4S/c1-34-25-16-14-23(15-17-25)28(26(30)31,22-11-6-3-7-12-22)19-24-13-8-18-29(24)27(32)33-20-21-9-4-2-5-10-21/h2-7,9-12,14-17,24H,8,13,18-20H2,1H3,(H,30,31). The van der Waals surface area contributed by atoms with E-state index in [-0.39, 0.29) is 19.1 Å². The number of hydrogen-bond donors (Lipinski definition) is 1. The first-order valence-electron chi connectivity index (χ1n) is 11.5. The number of carbonyl (C=O) groups is 2. The fourth-order valence-electron chi connectivity index (χ4n) is 4.78. The van der Waals surface area contributed by atoms with Crippen LogP contribution >= 0.6 is 11.8 Å². The molecule has 1 heterocycles. The van der Waals surface area contributed by atoms with Crippen molar-refractivity contribution >= 4 is 23.8 Å². The van der Waals surface area contributed by atoms with Crippen LogP contribution in [0.2, 0.25) is 0 Å². The SMILES string of the molecule is CSc1ccc(C(CC2CCCN2C(=O)OCc2ccccc2)(C(=O)O)c2ccccc2)cc1. The van der Waals surface area contributed by atoms with E-state index in [4.69, 9.17) is 4.74 Å². The quantitative estimate of drug-likeness (QED) is 0.407. The molecule has 0 aromatic heterocycles.